The Kier molecular flexibility index (Phi) is 6.14. The zero-order chi connectivity index (χ0) is 17.8. The molecule has 2 saturated carbocycles. The molecular formula is C22H30F2O. The van der Waals surface area contributed by atoms with E-state index in [0.717, 1.165) is 30.6 Å². The van der Waals surface area contributed by atoms with Crippen LogP contribution in [0.3, 0.4) is 0 Å². The number of allylic oxidation sites excluding steroid dienone is 1. The second-order valence-corrected chi connectivity index (χ2v) is 8.01. The molecule has 3 rings (SSSR count). The van der Waals surface area contributed by atoms with Gasteiger partial charge in [0.25, 0.3) is 0 Å². The quantitative estimate of drug-likeness (QED) is 0.556. The van der Waals surface area contributed by atoms with Crippen molar-refractivity contribution < 1.29 is 13.5 Å². The molecule has 2 fully saturated rings. The Balaban J connectivity index is 1.44. The van der Waals surface area contributed by atoms with Crippen LogP contribution in [0.25, 0.3) is 0 Å². The fraction of sp³-hybridized carbons (Fsp3) is 0.636. The Hall–Kier alpha value is -1.38. The number of aryl methyl sites for hydroxylation is 1. The Labute approximate surface area is 150 Å². The van der Waals surface area contributed by atoms with Crippen molar-refractivity contribution in [3.05, 3.63) is 42.0 Å². The maximum atomic E-state index is 13.9. The number of hydrogen-bond donors (Lipinski definition) is 0. The molecule has 0 aliphatic heterocycles. The first-order valence-electron chi connectivity index (χ1n) is 9.78. The van der Waals surface area contributed by atoms with E-state index in [1.807, 2.05) is 0 Å². The second kappa shape index (κ2) is 8.33. The minimum atomic E-state index is -0.854. The SMILES string of the molecule is C=CC1CCC(C2CCC(COc3ccc(C)c(F)c3F)CC2)CC1. The van der Waals surface area contributed by atoms with Crippen molar-refractivity contribution >= 4 is 0 Å². The zero-order valence-electron chi connectivity index (χ0n) is 15.3. The van der Waals surface area contributed by atoms with E-state index in [9.17, 15) is 8.78 Å². The molecule has 1 nitrogen and oxygen atoms in total. The van der Waals surface area contributed by atoms with Gasteiger partial charge >= 0.3 is 0 Å². The predicted octanol–water partition coefficient (Wildman–Crippen LogP) is 6.45. The lowest BCUT2D eigenvalue weighted by molar-refractivity contribution is 0.127. The first-order valence-corrected chi connectivity index (χ1v) is 9.78. The lowest BCUT2D eigenvalue weighted by atomic mass is 9.69. The van der Waals surface area contributed by atoms with Gasteiger partial charge in [-0.15, -0.1) is 6.58 Å². The summed E-state index contributed by atoms with van der Waals surface area (Å²) in [4.78, 5) is 0. The number of rotatable bonds is 5. The molecule has 0 spiro atoms. The van der Waals surface area contributed by atoms with Crippen molar-refractivity contribution in [3.8, 4) is 5.75 Å². The monoisotopic (exact) mass is 348 g/mol. The predicted molar refractivity (Wildman–Crippen MR) is 97.7 cm³/mol. The summed E-state index contributed by atoms with van der Waals surface area (Å²) in [6.07, 6.45) is 12.2. The van der Waals surface area contributed by atoms with E-state index in [1.54, 1.807) is 13.0 Å². The van der Waals surface area contributed by atoms with Crippen LogP contribution in [0.4, 0.5) is 8.78 Å². The highest BCUT2D eigenvalue weighted by Gasteiger charge is 2.30. The van der Waals surface area contributed by atoms with Gasteiger partial charge in [0.2, 0.25) is 5.82 Å². The van der Waals surface area contributed by atoms with Crippen LogP contribution in [0.2, 0.25) is 0 Å². The van der Waals surface area contributed by atoms with E-state index >= 15 is 0 Å². The first-order chi connectivity index (χ1) is 12.1. The molecule has 3 heteroatoms. The van der Waals surface area contributed by atoms with Gasteiger partial charge in [-0.1, -0.05) is 12.1 Å². The third-order valence-corrected chi connectivity index (χ3v) is 6.42. The number of halogens is 2. The van der Waals surface area contributed by atoms with Gasteiger partial charge in [0, 0.05) is 0 Å². The van der Waals surface area contributed by atoms with Crippen LogP contribution < -0.4 is 4.74 Å². The minimum Gasteiger partial charge on any atom is -0.490 e. The summed E-state index contributed by atoms with van der Waals surface area (Å²) in [5, 5.41) is 0. The van der Waals surface area contributed by atoms with E-state index in [-0.39, 0.29) is 5.75 Å². The van der Waals surface area contributed by atoms with Crippen molar-refractivity contribution in [1.29, 1.82) is 0 Å². The summed E-state index contributed by atoms with van der Waals surface area (Å²) in [7, 11) is 0. The summed E-state index contributed by atoms with van der Waals surface area (Å²) in [6.45, 7) is 5.99. The average molecular weight is 348 g/mol. The van der Waals surface area contributed by atoms with Crippen molar-refractivity contribution in [3.63, 3.8) is 0 Å². The summed E-state index contributed by atoms with van der Waals surface area (Å²) >= 11 is 0. The maximum absolute atomic E-state index is 13.9. The van der Waals surface area contributed by atoms with E-state index < -0.39 is 11.6 Å². The van der Waals surface area contributed by atoms with Gasteiger partial charge in [0.05, 0.1) is 6.61 Å². The summed E-state index contributed by atoms with van der Waals surface area (Å²) in [6, 6.07) is 3.11. The molecule has 2 aliphatic carbocycles. The molecule has 25 heavy (non-hydrogen) atoms. The van der Waals surface area contributed by atoms with E-state index in [0.29, 0.717) is 18.1 Å². The lowest BCUT2D eigenvalue weighted by Crippen LogP contribution is -2.27. The molecule has 1 aromatic rings. The Bertz CT molecular complexity index is 582. The Morgan fingerprint density at radius 3 is 2.16 bits per heavy atom. The highest BCUT2D eigenvalue weighted by molar-refractivity contribution is 5.30. The molecule has 2 aliphatic rings. The van der Waals surface area contributed by atoms with Gasteiger partial charge in [0.1, 0.15) is 0 Å². The zero-order valence-corrected chi connectivity index (χ0v) is 15.3. The van der Waals surface area contributed by atoms with Crippen molar-refractivity contribution in [2.45, 2.75) is 58.3 Å². The fourth-order valence-corrected chi connectivity index (χ4v) is 4.63. The highest BCUT2D eigenvalue weighted by Crippen LogP contribution is 2.41. The van der Waals surface area contributed by atoms with Gasteiger partial charge in [-0.05, 0) is 93.6 Å². The highest BCUT2D eigenvalue weighted by atomic mass is 19.2. The number of ether oxygens (including phenoxy) is 1. The van der Waals surface area contributed by atoms with Crippen molar-refractivity contribution in [1.82, 2.24) is 0 Å². The van der Waals surface area contributed by atoms with Crippen LogP contribution in [0.15, 0.2) is 24.8 Å². The van der Waals surface area contributed by atoms with Crippen LogP contribution in [0.1, 0.15) is 56.9 Å². The molecule has 0 bridgehead atoms. The maximum Gasteiger partial charge on any atom is 0.200 e. The van der Waals surface area contributed by atoms with Crippen molar-refractivity contribution in [2.75, 3.05) is 6.61 Å². The standard InChI is InChI=1S/C22H30F2O/c1-3-16-5-9-18(10-6-16)19-11-7-17(8-12-19)14-25-20-13-4-15(2)21(23)22(20)24/h3-4,13,16-19H,1,5-12,14H2,2H3. The van der Waals surface area contributed by atoms with E-state index in [1.165, 1.54) is 44.6 Å². The van der Waals surface area contributed by atoms with Gasteiger partial charge in [-0.2, -0.15) is 4.39 Å². The molecule has 0 unspecified atom stereocenters. The van der Waals surface area contributed by atoms with Crippen molar-refractivity contribution in [2.24, 2.45) is 23.7 Å². The molecule has 1 aromatic carbocycles. The number of hydrogen-bond acceptors (Lipinski definition) is 1. The average Bonchev–Trinajstić information content (AvgIpc) is 2.66. The van der Waals surface area contributed by atoms with Crippen LogP contribution in [-0.2, 0) is 0 Å². The van der Waals surface area contributed by atoms with Gasteiger partial charge < -0.3 is 4.74 Å². The smallest absolute Gasteiger partial charge is 0.200 e. The third-order valence-electron chi connectivity index (χ3n) is 6.42. The largest absolute Gasteiger partial charge is 0.490 e. The summed E-state index contributed by atoms with van der Waals surface area (Å²) in [5.41, 5.74) is 0.316. The molecule has 0 heterocycles. The molecule has 0 atom stereocenters. The normalized spacial score (nSPS) is 30.0. The first kappa shape index (κ1) is 18.4. The topological polar surface area (TPSA) is 9.23 Å². The van der Waals surface area contributed by atoms with E-state index in [4.69, 9.17) is 4.74 Å². The molecule has 0 radical (unpaired) electrons. The van der Waals surface area contributed by atoms with Gasteiger partial charge in [0.15, 0.2) is 11.6 Å². The summed E-state index contributed by atoms with van der Waals surface area (Å²) < 4.78 is 33.1. The van der Waals surface area contributed by atoms with Crippen LogP contribution >= 0.6 is 0 Å². The molecule has 0 N–H and O–H groups in total. The molecule has 0 amide bonds. The molecular weight excluding hydrogens is 318 g/mol. The Morgan fingerprint density at radius 1 is 0.960 bits per heavy atom. The van der Waals surface area contributed by atoms with Crippen LogP contribution in [0, 0.1) is 42.2 Å². The third kappa shape index (κ3) is 4.43. The number of benzene rings is 1. The fourth-order valence-electron chi connectivity index (χ4n) is 4.63. The Morgan fingerprint density at radius 2 is 1.56 bits per heavy atom. The van der Waals surface area contributed by atoms with Crippen LogP contribution in [0.5, 0.6) is 5.75 Å². The minimum absolute atomic E-state index is 0.0490. The molecule has 0 aromatic heterocycles. The summed E-state index contributed by atoms with van der Waals surface area (Å²) in [5.74, 6) is 1.31. The molecule has 138 valence electrons. The van der Waals surface area contributed by atoms with E-state index in [2.05, 4.69) is 12.7 Å². The van der Waals surface area contributed by atoms with Gasteiger partial charge in [-0.25, -0.2) is 4.39 Å². The molecule has 0 saturated heterocycles. The van der Waals surface area contributed by atoms with Crippen LogP contribution in [-0.4, -0.2) is 6.61 Å². The lowest BCUT2D eigenvalue weighted by Gasteiger charge is -2.37. The van der Waals surface area contributed by atoms with Gasteiger partial charge in [-0.3, -0.25) is 0 Å². The second-order valence-electron chi connectivity index (χ2n) is 8.01.